The quantitative estimate of drug-likeness (QED) is 0.713. The molecule has 1 saturated heterocycles. The van der Waals surface area contributed by atoms with Gasteiger partial charge in [0, 0.05) is 29.4 Å². The molecule has 3 nitrogen and oxygen atoms in total. The zero-order valence-electron chi connectivity index (χ0n) is 14.1. The lowest BCUT2D eigenvalue weighted by Gasteiger charge is -2.40. The number of phenolic OH excluding ortho intramolecular Hbond substituents is 1. The number of hydrogen-bond acceptors (Lipinski definition) is 2. The standard InChI is InChI=1S/C21H24N2O/c1-15-7-6-11-20(19-13-16-8-2-4-10-18(16)22-19)23(15)14-17-9-3-5-12-21(17)24/h2-5,8-10,12-13,15,20,22,24H,6-7,11,14H2,1H3. The number of benzene rings is 2. The number of aromatic hydroxyl groups is 1. The SMILES string of the molecule is CC1CCCC(c2cc3ccccc3[nH]2)N1Cc1ccccc1O. The summed E-state index contributed by atoms with van der Waals surface area (Å²) in [5.74, 6) is 0.394. The molecular formula is C21H24N2O. The Balaban J connectivity index is 1.67. The molecule has 1 fully saturated rings. The molecule has 2 aromatic carbocycles. The van der Waals surface area contributed by atoms with E-state index in [1.54, 1.807) is 6.07 Å². The zero-order valence-corrected chi connectivity index (χ0v) is 14.1. The average Bonchev–Trinajstić information content (AvgIpc) is 3.02. The molecule has 1 aromatic heterocycles. The molecule has 3 heteroatoms. The number of aromatic nitrogens is 1. The third kappa shape index (κ3) is 2.80. The van der Waals surface area contributed by atoms with Crippen molar-refractivity contribution in [3.05, 3.63) is 65.9 Å². The lowest BCUT2D eigenvalue weighted by Crippen LogP contribution is -2.39. The molecule has 2 atom stereocenters. The van der Waals surface area contributed by atoms with Crippen LogP contribution in [0.4, 0.5) is 0 Å². The molecule has 2 N–H and O–H groups in total. The van der Waals surface area contributed by atoms with E-state index in [4.69, 9.17) is 0 Å². The minimum absolute atomic E-state index is 0.376. The number of para-hydroxylation sites is 2. The van der Waals surface area contributed by atoms with Gasteiger partial charge in [-0.3, -0.25) is 4.90 Å². The van der Waals surface area contributed by atoms with Crippen LogP contribution in [0, 0.1) is 0 Å². The monoisotopic (exact) mass is 320 g/mol. The third-order valence-electron chi connectivity index (χ3n) is 5.32. The largest absolute Gasteiger partial charge is 0.508 e. The molecule has 2 unspecified atom stereocenters. The Bertz CT molecular complexity index is 805. The fourth-order valence-corrected chi connectivity index (χ4v) is 3.96. The van der Waals surface area contributed by atoms with E-state index in [1.807, 2.05) is 18.2 Å². The number of H-pyrrole nitrogens is 1. The molecule has 1 aliphatic rings. The molecule has 0 saturated carbocycles. The zero-order chi connectivity index (χ0) is 16.5. The van der Waals surface area contributed by atoms with E-state index in [2.05, 4.69) is 47.1 Å². The Morgan fingerprint density at radius 1 is 1.08 bits per heavy atom. The molecule has 24 heavy (non-hydrogen) atoms. The highest BCUT2D eigenvalue weighted by atomic mass is 16.3. The predicted molar refractivity (Wildman–Crippen MR) is 98.0 cm³/mol. The molecule has 2 heterocycles. The molecule has 0 bridgehead atoms. The number of nitrogens with zero attached hydrogens (tertiary/aromatic N) is 1. The van der Waals surface area contributed by atoms with Gasteiger partial charge in [0.05, 0.1) is 6.04 Å². The number of rotatable bonds is 3. The van der Waals surface area contributed by atoms with Gasteiger partial charge >= 0.3 is 0 Å². The first kappa shape index (κ1) is 15.3. The molecule has 4 rings (SSSR count). The summed E-state index contributed by atoms with van der Waals surface area (Å²) in [6.07, 6.45) is 3.62. The highest BCUT2D eigenvalue weighted by molar-refractivity contribution is 5.80. The van der Waals surface area contributed by atoms with Crippen LogP contribution in [0.15, 0.2) is 54.6 Å². The van der Waals surface area contributed by atoms with Crippen LogP contribution >= 0.6 is 0 Å². The Hall–Kier alpha value is -2.26. The van der Waals surface area contributed by atoms with E-state index in [9.17, 15) is 5.11 Å². The van der Waals surface area contributed by atoms with Gasteiger partial charge in [0.1, 0.15) is 5.75 Å². The summed E-state index contributed by atoms with van der Waals surface area (Å²) >= 11 is 0. The molecule has 0 aliphatic carbocycles. The van der Waals surface area contributed by atoms with Crippen LogP contribution in [0.25, 0.3) is 10.9 Å². The minimum Gasteiger partial charge on any atom is -0.508 e. The van der Waals surface area contributed by atoms with Crippen LogP contribution in [-0.4, -0.2) is 21.0 Å². The first-order chi connectivity index (χ1) is 11.7. The second-order valence-electron chi connectivity index (χ2n) is 6.91. The Morgan fingerprint density at radius 2 is 1.88 bits per heavy atom. The van der Waals surface area contributed by atoms with Crippen molar-refractivity contribution in [1.82, 2.24) is 9.88 Å². The fraction of sp³-hybridized carbons (Fsp3) is 0.333. The number of nitrogens with one attached hydrogen (secondary N) is 1. The van der Waals surface area contributed by atoms with Crippen molar-refractivity contribution in [1.29, 1.82) is 0 Å². The Morgan fingerprint density at radius 3 is 2.71 bits per heavy atom. The van der Waals surface area contributed by atoms with Gasteiger partial charge in [-0.05, 0) is 49.8 Å². The van der Waals surface area contributed by atoms with Gasteiger partial charge in [0.2, 0.25) is 0 Å². The van der Waals surface area contributed by atoms with Crippen molar-refractivity contribution in [3.63, 3.8) is 0 Å². The lowest BCUT2D eigenvalue weighted by molar-refractivity contribution is 0.0814. The van der Waals surface area contributed by atoms with Gasteiger partial charge in [-0.2, -0.15) is 0 Å². The van der Waals surface area contributed by atoms with Crippen molar-refractivity contribution < 1.29 is 5.11 Å². The van der Waals surface area contributed by atoms with E-state index in [1.165, 1.54) is 29.4 Å². The smallest absolute Gasteiger partial charge is 0.120 e. The van der Waals surface area contributed by atoms with Crippen molar-refractivity contribution in [2.45, 2.75) is 44.8 Å². The van der Waals surface area contributed by atoms with Gasteiger partial charge in [0.25, 0.3) is 0 Å². The Labute approximate surface area is 142 Å². The van der Waals surface area contributed by atoms with Crippen LogP contribution in [-0.2, 0) is 6.54 Å². The normalized spacial score (nSPS) is 22.0. The number of fused-ring (bicyclic) bond motifs is 1. The summed E-state index contributed by atoms with van der Waals surface area (Å²) in [4.78, 5) is 6.14. The second-order valence-corrected chi connectivity index (χ2v) is 6.91. The summed E-state index contributed by atoms with van der Waals surface area (Å²) < 4.78 is 0. The van der Waals surface area contributed by atoms with Crippen LogP contribution in [0.2, 0.25) is 0 Å². The average molecular weight is 320 g/mol. The maximum absolute atomic E-state index is 10.2. The number of piperidine rings is 1. The number of aromatic amines is 1. The van der Waals surface area contributed by atoms with Gasteiger partial charge < -0.3 is 10.1 Å². The molecular weight excluding hydrogens is 296 g/mol. The fourth-order valence-electron chi connectivity index (χ4n) is 3.96. The molecule has 0 amide bonds. The third-order valence-corrected chi connectivity index (χ3v) is 5.32. The molecule has 0 radical (unpaired) electrons. The molecule has 124 valence electrons. The highest BCUT2D eigenvalue weighted by Gasteiger charge is 2.30. The van der Waals surface area contributed by atoms with E-state index < -0.39 is 0 Å². The second kappa shape index (κ2) is 6.33. The van der Waals surface area contributed by atoms with Crippen molar-refractivity contribution in [2.24, 2.45) is 0 Å². The molecule has 3 aromatic rings. The highest BCUT2D eigenvalue weighted by Crippen LogP contribution is 2.37. The van der Waals surface area contributed by atoms with E-state index in [-0.39, 0.29) is 0 Å². The van der Waals surface area contributed by atoms with Gasteiger partial charge in [-0.25, -0.2) is 0 Å². The number of phenols is 1. The van der Waals surface area contributed by atoms with Crippen LogP contribution in [0.5, 0.6) is 5.75 Å². The number of hydrogen-bond donors (Lipinski definition) is 2. The lowest BCUT2D eigenvalue weighted by atomic mass is 9.93. The molecule has 0 spiro atoms. The van der Waals surface area contributed by atoms with Crippen molar-refractivity contribution in [3.8, 4) is 5.75 Å². The number of likely N-dealkylation sites (tertiary alicyclic amines) is 1. The van der Waals surface area contributed by atoms with Crippen molar-refractivity contribution in [2.75, 3.05) is 0 Å². The summed E-state index contributed by atoms with van der Waals surface area (Å²) in [6.45, 7) is 3.09. The summed E-state index contributed by atoms with van der Waals surface area (Å²) in [5.41, 5.74) is 3.50. The van der Waals surface area contributed by atoms with E-state index in [0.29, 0.717) is 17.8 Å². The van der Waals surface area contributed by atoms with Crippen molar-refractivity contribution >= 4 is 10.9 Å². The predicted octanol–water partition coefficient (Wildman–Crippen LogP) is 4.99. The van der Waals surface area contributed by atoms with E-state index in [0.717, 1.165) is 18.5 Å². The topological polar surface area (TPSA) is 39.3 Å². The Kier molecular flexibility index (Phi) is 4.03. The van der Waals surface area contributed by atoms with E-state index >= 15 is 0 Å². The maximum atomic E-state index is 10.2. The van der Waals surface area contributed by atoms with Crippen LogP contribution < -0.4 is 0 Å². The first-order valence-corrected chi connectivity index (χ1v) is 8.82. The van der Waals surface area contributed by atoms with Crippen LogP contribution in [0.3, 0.4) is 0 Å². The van der Waals surface area contributed by atoms with Gasteiger partial charge in [-0.1, -0.05) is 36.4 Å². The summed E-state index contributed by atoms with van der Waals surface area (Å²) in [7, 11) is 0. The maximum Gasteiger partial charge on any atom is 0.120 e. The van der Waals surface area contributed by atoms with Gasteiger partial charge in [-0.15, -0.1) is 0 Å². The summed E-state index contributed by atoms with van der Waals surface area (Å²) in [5, 5.41) is 11.4. The minimum atomic E-state index is 0.376. The van der Waals surface area contributed by atoms with Gasteiger partial charge in [0.15, 0.2) is 0 Å². The first-order valence-electron chi connectivity index (χ1n) is 8.82. The summed E-state index contributed by atoms with van der Waals surface area (Å²) in [6, 6.07) is 19.3. The molecule has 1 aliphatic heterocycles. The van der Waals surface area contributed by atoms with Crippen LogP contribution in [0.1, 0.15) is 43.5 Å².